The van der Waals surface area contributed by atoms with E-state index in [1.807, 2.05) is 36.4 Å². The summed E-state index contributed by atoms with van der Waals surface area (Å²) in [5.74, 6) is 1.71. The van der Waals surface area contributed by atoms with E-state index in [-0.39, 0.29) is 0 Å². The Bertz CT molecular complexity index is 877. The number of aliphatic hydroxyl groups is 1. The first-order chi connectivity index (χ1) is 13.0. The maximum atomic E-state index is 11.2. The van der Waals surface area contributed by atoms with E-state index in [1.165, 1.54) is 0 Å². The van der Waals surface area contributed by atoms with Gasteiger partial charge in [0.25, 0.3) is 0 Å². The summed E-state index contributed by atoms with van der Waals surface area (Å²) in [5.41, 5.74) is 0.988. The molecule has 0 bridgehead atoms. The van der Waals surface area contributed by atoms with Gasteiger partial charge in [-0.1, -0.05) is 30.3 Å². The monoisotopic (exact) mass is 365 g/mol. The lowest BCUT2D eigenvalue weighted by Crippen LogP contribution is -2.24. The average molecular weight is 365 g/mol. The molecule has 3 aromatic rings. The topological polar surface area (TPSA) is 60.8 Å². The molecule has 0 aliphatic carbocycles. The lowest BCUT2D eigenvalue weighted by molar-refractivity contribution is 0.0980. The summed E-state index contributed by atoms with van der Waals surface area (Å²) < 4.78 is 16.4. The number of ether oxygens (including phenoxy) is 3. The Labute approximate surface area is 159 Å². The quantitative estimate of drug-likeness (QED) is 0.687. The van der Waals surface area contributed by atoms with Crippen LogP contribution in [0.15, 0.2) is 66.9 Å². The van der Waals surface area contributed by atoms with Crippen LogP contribution >= 0.6 is 0 Å². The largest absolute Gasteiger partial charge is 0.496 e. The number of methoxy groups -OCH3 is 2. The molecule has 0 radical (unpaired) electrons. The first kappa shape index (κ1) is 18.7. The van der Waals surface area contributed by atoms with Gasteiger partial charge in [-0.2, -0.15) is 0 Å². The van der Waals surface area contributed by atoms with Gasteiger partial charge >= 0.3 is 0 Å². The van der Waals surface area contributed by atoms with Crippen LogP contribution in [0.1, 0.15) is 23.6 Å². The van der Waals surface area contributed by atoms with Gasteiger partial charge in [0.05, 0.1) is 14.2 Å². The summed E-state index contributed by atoms with van der Waals surface area (Å²) in [6, 6.07) is 18.8. The van der Waals surface area contributed by atoms with E-state index in [0.717, 1.165) is 5.56 Å². The molecule has 5 heteroatoms. The van der Waals surface area contributed by atoms with Crippen molar-refractivity contribution in [2.24, 2.45) is 0 Å². The molecular weight excluding hydrogens is 342 g/mol. The molecule has 0 amide bonds. The molecule has 1 unspecified atom stereocenters. The van der Waals surface area contributed by atoms with Gasteiger partial charge in [-0.3, -0.25) is 0 Å². The van der Waals surface area contributed by atoms with E-state index in [0.29, 0.717) is 35.1 Å². The van der Waals surface area contributed by atoms with Crippen LogP contribution in [-0.2, 0) is 12.2 Å². The first-order valence-electron chi connectivity index (χ1n) is 8.62. The minimum Gasteiger partial charge on any atom is -0.496 e. The van der Waals surface area contributed by atoms with Crippen LogP contribution in [0.5, 0.6) is 17.4 Å². The summed E-state index contributed by atoms with van der Waals surface area (Å²) in [7, 11) is 3.13. The van der Waals surface area contributed by atoms with Gasteiger partial charge in [0.15, 0.2) is 0 Å². The first-order valence-corrected chi connectivity index (χ1v) is 8.62. The van der Waals surface area contributed by atoms with E-state index in [1.54, 1.807) is 51.6 Å². The highest BCUT2D eigenvalue weighted by molar-refractivity contribution is 5.48. The van der Waals surface area contributed by atoms with Crippen LogP contribution in [0, 0.1) is 0 Å². The minimum atomic E-state index is -1.31. The zero-order valence-corrected chi connectivity index (χ0v) is 15.7. The van der Waals surface area contributed by atoms with Crippen molar-refractivity contribution in [2.75, 3.05) is 14.2 Å². The van der Waals surface area contributed by atoms with Gasteiger partial charge in [-0.05, 0) is 36.8 Å². The second-order valence-electron chi connectivity index (χ2n) is 6.30. The fourth-order valence-corrected chi connectivity index (χ4v) is 2.84. The summed E-state index contributed by atoms with van der Waals surface area (Å²) in [6.45, 7) is 2.15. The molecule has 1 N–H and O–H groups in total. The van der Waals surface area contributed by atoms with Gasteiger partial charge in [-0.15, -0.1) is 0 Å². The van der Waals surface area contributed by atoms with Gasteiger partial charge in [0.2, 0.25) is 5.88 Å². The number of aromatic nitrogens is 1. The Morgan fingerprint density at radius 1 is 0.963 bits per heavy atom. The second kappa shape index (κ2) is 8.10. The Balaban J connectivity index is 1.89. The van der Waals surface area contributed by atoms with Crippen LogP contribution in [0.4, 0.5) is 0 Å². The van der Waals surface area contributed by atoms with Crippen molar-refractivity contribution in [1.82, 2.24) is 4.98 Å². The van der Waals surface area contributed by atoms with Crippen molar-refractivity contribution in [2.45, 2.75) is 19.1 Å². The molecule has 0 aliphatic rings. The van der Waals surface area contributed by atoms with Crippen LogP contribution in [0.25, 0.3) is 0 Å². The summed E-state index contributed by atoms with van der Waals surface area (Å²) in [5, 5.41) is 11.2. The molecule has 0 aliphatic heterocycles. The molecule has 0 fully saturated rings. The Morgan fingerprint density at radius 2 is 1.74 bits per heavy atom. The van der Waals surface area contributed by atoms with Crippen molar-refractivity contribution in [3.63, 3.8) is 0 Å². The van der Waals surface area contributed by atoms with Gasteiger partial charge < -0.3 is 19.3 Å². The third-order valence-corrected chi connectivity index (χ3v) is 4.45. The van der Waals surface area contributed by atoms with Gasteiger partial charge in [0.1, 0.15) is 23.7 Å². The number of pyridine rings is 1. The van der Waals surface area contributed by atoms with Crippen molar-refractivity contribution in [3.05, 3.63) is 83.6 Å². The molecule has 3 rings (SSSR count). The number of nitrogens with zero attached hydrogens (tertiary/aromatic N) is 1. The second-order valence-corrected chi connectivity index (χ2v) is 6.30. The summed E-state index contributed by atoms with van der Waals surface area (Å²) >= 11 is 0. The number of rotatable bonds is 7. The standard InChI is InChI=1S/C22H23NO4/c1-22(24,17-9-12-21(26-3)23-14-17)19-13-18(10-11-20(19)25-2)27-15-16-7-5-4-6-8-16/h4-14,24H,15H2,1-3H3. The highest BCUT2D eigenvalue weighted by atomic mass is 16.5. The van der Waals surface area contributed by atoms with E-state index >= 15 is 0 Å². The molecular formula is C22H23NO4. The van der Waals surface area contributed by atoms with E-state index in [9.17, 15) is 5.11 Å². The lowest BCUT2D eigenvalue weighted by Gasteiger charge is -2.26. The highest BCUT2D eigenvalue weighted by Crippen LogP contribution is 2.37. The Hall–Kier alpha value is -3.05. The predicted molar refractivity (Wildman–Crippen MR) is 103 cm³/mol. The van der Waals surface area contributed by atoms with Gasteiger partial charge in [-0.25, -0.2) is 4.98 Å². The molecule has 0 spiro atoms. The molecule has 1 heterocycles. The van der Waals surface area contributed by atoms with Crippen LogP contribution < -0.4 is 14.2 Å². The van der Waals surface area contributed by atoms with Crippen molar-refractivity contribution in [1.29, 1.82) is 0 Å². The molecule has 27 heavy (non-hydrogen) atoms. The smallest absolute Gasteiger partial charge is 0.212 e. The summed E-state index contributed by atoms with van der Waals surface area (Å²) in [4.78, 5) is 4.19. The summed E-state index contributed by atoms with van der Waals surface area (Å²) in [6.07, 6.45) is 1.59. The Morgan fingerprint density at radius 3 is 2.37 bits per heavy atom. The predicted octanol–water partition coefficient (Wildman–Crippen LogP) is 3.93. The van der Waals surface area contributed by atoms with Crippen LogP contribution in [-0.4, -0.2) is 24.3 Å². The zero-order chi connectivity index (χ0) is 19.3. The lowest BCUT2D eigenvalue weighted by atomic mass is 9.88. The molecule has 1 atom stereocenters. The number of hydrogen-bond acceptors (Lipinski definition) is 5. The van der Waals surface area contributed by atoms with Crippen LogP contribution in [0.2, 0.25) is 0 Å². The fraction of sp³-hybridized carbons (Fsp3) is 0.227. The minimum absolute atomic E-state index is 0.443. The molecule has 140 valence electrons. The fourth-order valence-electron chi connectivity index (χ4n) is 2.84. The SMILES string of the molecule is COc1ccc(C(C)(O)c2cc(OCc3ccccc3)ccc2OC)cn1. The maximum Gasteiger partial charge on any atom is 0.212 e. The third kappa shape index (κ3) is 4.20. The van der Waals surface area contributed by atoms with Crippen molar-refractivity contribution >= 4 is 0 Å². The molecule has 0 saturated carbocycles. The highest BCUT2D eigenvalue weighted by Gasteiger charge is 2.30. The zero-order valence-electron chi connectivity index (χ0n) is 15.7. The number of hydrogen-bond donors (Lipinski definition) is 1. The van der Waals surface area contributed by atoms with E-state index in [2.05, 4.69) is 4.98 Å². The van der Waals surface area contributed by atoms with Crippen LogP contribution in [0.3, 0.4) is 0 Å². The van der Waals surface area contributed by atoms with E-state index in [4.69, 9.17) is 14.2 Å². The molecule has 5 nitrogen and oxygen atoms in total. The van der Waals surface area contributed by atoms with Crippen molar-refractivity contribution < 1.29 is 19.3 Å². The van der Waals surface area contributed by atoms with Crippen molar-refractivity contribution in [3.8, 4) is 17.4 Å². The van der Waals surface area contributed by atoms with Gasteiger partial charge in [0, 0.05) is 23.4 Å². The third-order valence-electron chi connectivity index (χ3n) is 4.45. The Kier molecular flexibility index (Phi) is 5.62. The number of benzene rings is 2. The normalized spacial score (nSPS) is 12.9. The molecule has 2 aromatic carbocycles. The maximum absolute atomic E-state index is 11.2. The molecule has 1 aromatic heterocycles. The average Bonchev–Trinajstić information content (AvgIpc) is 2.72. The molecule has 0 saturated heterocycles. The van der Waals surface area contributed by atoms with E-state index < -0.39 is 5.60 Å².